The molecule has 1 fully saturated rings. The van der Waals surface area contributed by atoms with Crippen molar-refractivity contribution < 1.29 is 14.3 Å². The second-order valence-corrected chi connectivity index (χ2v) is 7.60. The van der Waals surface area contributed by atoms with Gasteiger partial charge in [-0.3, -0.25) is 9.59 Å². The van der Waals surface area contributed by atoms with Crippen LogP contribution in [0.5, 0.6) is 0 Å². The Morgan fingerprint density at radius 3 is 2.65 bits per heavy atom. The number of hydrogen-bond acceptors (Lipinski definition) is 4. The van der Waals surface area contributed by atoms with Gasteiger partial charge in [0.25, 0.3) is 0 Å². The summed E-state index contributed by atoms with van der Waals surface area (Å²) < 4.78 is 6.03. The summed E-state index contributed by atoms with van der Waals surface area (Å²) >= 11 is 1.55. The Bertz CT molecular complexity index is 733. The van der Waals surface area contributed by atoms with Gasteiger partial charge in [-0.15, -0.1) is 11.3 Å². The number of thiophene rings is 1. The van der Waals surface area contributed by atoms with Crippen LogP contribution in [0.1, 0.15) is 42.9 Å². The van der Waals surface area contributed by atoms with Gasteiger partial charge in [0.15, 0.2) is 0 Å². The van der Waals surface area contributed by atoms with Crippen molar-refractivity contribution in [3.63, 3.8) is 0 Å². The van der Waals surface area contributed by atoms with E-state index >= 15 is 0 Å². The van der Waals surface area contributed by atoms with Crippen molar-refractivity contribution in [2.75, 3.05) is 13.1 Å². The van der Waals surface area contributed by atoms with Gasteiger partial charge in [0.05, 0.1) is 25.1 Å². The molecule has 6 heteroatoms. The molecule has 5 nitrogen and oxygen atoms in total. The molecule has 1 aromatic carbocycles. The summed E-state index contributed by atoms with van der Waals surface area (Å²) in [6.07, 6.45) is 0.109. The van der Waals surface area contributed by atoms with Crippen LogP contribution < -0.4 is 5.32 Å². The zero-order valence-corrected chi connectivity index (χ0v) is 15.9. The molecular formula is C20H24N2O3S. The first kappa shape index (κ1) is 18.6. The molecule has 3 rings (SSSR count). The maximum Gasteiger partial charge on any atom is 0.225 e. The van der Waals surface area contributed by atoms with Crippen LogP contribution in [0.4, 0.5) is 0 Å². The molecule has 3 atom stereocenters. The fraction of sp³-hybridized carbons (Fsp3) is 0.400. The van der Waals surface area contributed by atoms with Gasteiger partial charge in [0.2, 0.25) is 11.8 Å². The van der Waals surface area contributed by atoms with Crippen molar-refractivity contribution in [2.24, 2.45) is 0 Å². The van der Waals surface area contributed by atoms with Crippen LogP contribution in [0.2, 0.25) is 0 Å². The van der Waals surface area contributed by atoms with Crippen LogP contribution >= 0.6 is 11.3 Å². The lowest BCUT2D eigenvalue weighted by atomic mass is 10.1. The predicted octanol–water partition coefficient (Wildman–Crippen LogP) is 3.30. The van der Waals surface area contributed by atoms with Crippen LogP contribution in [0.25, 0.3) is 0 Å². The fourth-order valence-corrected chi connectivity index (χ4v) is 4.05. The van der Waals surface area contributed by atoms with E-state index in [1.54, 1.807) is 11.3 Å². The van der Waals surface area contributed by atoms with Gasteiger partial charge in [-0.25, -0.2) is 0 Å². The van der Waals surface area contributed by atoms with E-state index in [1.165, 1.54) is 6.92 Å². The first-order chi connectivity index (χ1) is 12.5. The van der Waals surface area contributed by atoms with Crippen LogP contribution in [-0.2, 0) is 14.3 Å². The van der Waals surface area contributed by atoms with Crippen molar-refractivity contribution >= 4 is 23.2 Å². The van der Waals surface area contributed by atoms with E-state index in [1.807, 2.05) is 59.7 Å². The van der Waals surface area contributed by atoms with Gasteiger partial charge in [-0.2, -0.15) is 0 Å². The molecule has 1 N–H and O–H groups in total. The first-order valence-corrected chi connectivity index (χ1v) is 9.69. The van der Waals surface area contributed by atoms with Crippen molar-refractivity contribution in [3.05, 3.63) is 58.3 Å². The maximum absolute atomic E-state index is 12.9. The number of hydrogen-bond donors (Lipinski definition) is 1. The molecule has 0 unspecified atom stereocenters. The molecule has 2 aromatic rings. The number of rotatable bonds is 5. The van der Waals surface area contributed by atoms with E-state index in [9.17, 15) is 9.59 Å². The molecule has 0 spiro atoms. The maximum atomic E-state index is 12.9. The molecule has 0 saturated carbocycles. The normalized spacial score (nSPS) is 21.2. The first-order valence-electron chi connectivity index (χ1n) is 8.81. The third kappa shape index (κ3) is 4.71. The molecule has 1 aromatic heterocycles. The van der Waals surface area contributed by atoms with Crippen molar-refractivity contribution in [2.45, 2.75) is 38.5 Å². The number of amides is 2. The molecule has 1 saturated heterocycles. The molecule has 2 amide bonds. The Morgan fingerprint density at radius 2 is 2.00 bits per heavy atom. The van der Waals surface area contributed by atoms with E-state index in [4.69, 9.17) is 4.74 Å². The molecule has 1 aliphatic rings. The molecular weight excluding hydrogens is 348 g/mol. The highest BCUT2D eigenvalue weighted by molar-refractivity contribution is 7.10. The zero-order chi connectivity index (χ0) is 18.5. The second-order valence-electron chi connectivity index (χ2n) is 6.62. The SMILES string of the molecule is CC(=O)N[C@H](CC(=O)N1C[C@@H](C)O[C@H](c2ccccc2)C1)c1cccs1. The van der Waals surface area contributed by atoms with Crippen molar-refractivity contribution in [1.29, 1.82) is 0 Å². The average Bonchev–Trinajstić information content (AvgIpc) is 3.15. The van der Waals surface area contributed by atoms with Gasteiger partial charge in [0, 0.05) is 18.3 Å². The second kappa shape index (κ2) is 8.47. The van der Waals surface area contributed by atoms with E-state index < -0.39 is 0 Å². The summed E-state index contributed by atoms with van der Waals surface area (Å²) in [6.45, 7) is 4.57. The third-order valence-electron chi connectivity index (χ3n) is 4.43. The molecule has 0 bridgehead atoms. The van der Waals surface area contributed by atoms with Crippen LogP contribution in [-0.4, -0.2) is 35.9 Å². The van der Waals surface area contributed by atoms with E-state index in [0.29, 0.717) is 13.1 Å². The topological polar surface area (TPSA) is 58.6 Å². The van der Waals surface area contributed by atoms with E-state index in [-0.39, 0.29) is 36.5 Å². The molecule has 2 heterocycles. The Morgan fingerprint density at radius 1 is 1.23 bits per heavy atom. The lowest BCUT2D eigenvalue weighted by Gasteiger charge is -2.37. The van der Waals surface area contributed by atoms with Gasteiger partial charge in [0.1, 0.15) is 6.10 Å². The minimum Gasteiger partial charge on any atom is -0.367 e. The monoisotopic (exact) mass is 372 g/mol. The van der Waals surface area contributed by atoms with Crippen LogP contribution in [0.15, 0.2) is 47.8 Å². The fourth-order valence-electron chi connectivity index (χ4n) is 3.27. The number of ether oxygens (including phenoxy) is 1. The van der Waals surface area contributed by atoms with Crippen molar-refractivity contribution in [3.8, 4) is 0 Å². The lowest BCUT2D eigenvalue weighted by Crippen LogP contribution is -2.47. The number of benzene rings is 1. The molecule has 0 aliphatic carbocycles. The summed E-state index contributed by atoms with van der Waals surface area (Å²) in [5.74, 6) is -0.0954. The van der Waals surface area contributed by atoms with Gasteiger partial charge < -0.3 is 15.0 Å². The van der Waals surface area contributed by atoms with Gasteiger partial charge in [-0.05, 0) is 23.9 Å². The van der Waals surface area contributed by atoms with E-state index in [0.717, 1.165) is 10.4 Å². The standard InChI is InChI=1S/C20H24N2O3S/c1-14-12-22(13-18(25-14)16-7-4-3-5-8-16)20(24)11-17(21-15(2)23)19-9-6-10-26-19/h3-10,14,17-18H,11-13H2,1-2H3,(H,21,23)/t14-,17-,18+/m1/s1. The smallest absolute Gasteiger partial charge is 0.225 e. The quantitative estimate of drug-likeness (QED) is 0.876. The lowest BCUT2D eigenvalue weighted by molar-refractivity contribution is -0.145. The summed E-state index contributed by atoms with van der Waals surface area (Å²) in [6, 6.07) is 13.6. The molecule has 138 valence electrons. The van der Waals surface area contributed by atoms with E-state index in [2.05, 4.69) is 5.32 Å². The number of carbonyl (C=O) groups is 2. The minimum atomic E-state index is -0.284. The highest BCUT2D eigenvalue weighted by Crippen LogP contribution is 2.28. The summed E-state index contributed by atoms with van der Waals surface area (Å²) in [7, 11) is 0. The Labute approximate surface area is 158 Å². The van der Waals surface area contributed by atoms with Crippen LogP contribution in [0, 0.1) is 0 Å². The highest BCUT2D eigenvalue weighted by Gasteiger charge is 2.31. The van der Waals surface area contributed by atoms with Crippen molar-refractivity contribution in [1.82, 2.24) is 10.2 Å². The van der Waals surface area contributed by atoms with Gasteiger partial charge >= 0.3 is 0 Å². The molecule has 26 heavy (non-hydrogen) atoms. The van der Waals surface area contributed by atoms with Gasteiger partial charge in [-0.1, -0.05) is 36.4 Å². The third-order valence-corrected chi connectivity index (χ3v) is 5.41. The predicted molar refractivity (Wildman–Crippen MR) is 102 cm³/mol. The Kier molecular flexibility index (Phi) is 6.06. The summed E-state index contributed by atoms with van der Waals surface area (Å²) in [5, 5.41) is 4.85. The number of morpholine rings is 1. The summed E-state index contributed by atoms with van der Waals surface area (Å²) in [5.41, 5.74) is 1.08. The zero-order valence-electron chi connectivity index (χ0n) is 15.1. The largest absolute Gasteiger partial charge is 0.367 e. The average molecular weight is 372 g/mol. The highest BCUT2D eigenvalue weighted by atomic mass is 32.1. The summed E-state index contributed by atoms with van der Waals surface area (Å²) in [4.78, 5) is 27.3. The van der Waals surface area contributed by atoms with Crippen LogP contribution in [0.3, 0.4) is 0 Å². The Hall–Kier alpha value is -2.18. The number of carbonyl (C=O) groups excluding carboxylic acids is 2. The molecule has 1 aliphatic heterocycles. The molecule has 0 radical (unpaired) electrons. The Balaban J connectivity index is 1.70. The number of nitrogens with zero attached hydrogens (tertiary/aromatic N) is 1. The minimum absolute atomic E-state index is 0.0288. The number of nitrogens with one attached hydrogen (secondary N) is 1.